The second-order valence-electron chi connectivity index (χ2n) is 4.70. The van der Waals surface area contributed by atoms with Crippen LogP contribution in [0, 0.1) is 13.8 Å². The van der Waals surface area contributed by atoms with Crippen LogP contribution in [-0.4, -0.2) is 29.6 Å². The van der Waals surface area contributed by atoms with Crippen LogP contribution in [-0.2, 0) is 16.1 Å². The van der Waals surface area contributed by atoms with Crippen LogP contribution in [0.1, 0.15) is 41.9 Å². The van der Waals surface area contributed by atoms with Gasteiger partial charge in [0.1, 0.15) is 0 Å². The molecule has 1 aromatic heterocycles. The van der Waals surface area contributed by atoms with Gasteiger partial charge in [-0.2, -0.15) is 0 Å². The van der Waals surface area contributed by atoms with Crippen molar-refractivity contribution >= 4 is 11.9 Å². The summed E-state index contributed by atoms with van der Waals surface area (Å²) in [6.07, 6.45) is 0.194. The van der Waals surface area contributed by atoms with Gasteiger partial charge in [0.25, 0.3) is 5.56 Å². The fourth-order valence-corrected chi connectivity index (χ4v) is 2.21. The Morgan fingerprint density at radius 1 is 1.29 bits per heavy atom. The Bertz CT molecular complexity index is 590. The van der Waals surface area contributed by atoms with E-state index in [0.29, 0.717) is 23.4 Å². The lowest BCUT2D eigenvalue weighted by Crippen LogP contribution is -2.30. The summed E-state index contributed by atoms with van der Waals surface area (Å²) in [5.41, 5.74) is 1.29. The Morgan fingerprint density at radius 3 is 2.52 bits per heavy atom. The lowest BCUT2D eigenvalue weighted by Gasteiger charge is -2.15. The molecule has 0 aliphatic rings. The van der Waals surface area contributed by atoms with Crippen molar-refractivity contribution < 1.29 is 14.3 Å². The third kappa shape index (κ3) is 4.18. The number of rotatable bonds is 6. The summed E-state index contributed by atoms with van der Waals surface area (Å²) in [7, 11) is 0. The Kier molecular flexibility index (Phi) is 6.14. The molecular weight excluding hydrogens is 272 g/mol. The molecule has 0 atom stereocenters. The second-order valence-corrected chi connectivity index (χ2v) is 4.70. The first kappa shape index (κ1) is 16.9. The lowest BCUT2D eigenvalue weighted by molar-refractivity contribution is -0.121. The predicted octanol–water partition coefficient (Wildman–Crippen LogP) is 1.17. The first-order valence-electron chi connectivity index (χ1n) is 7.07. The standard InChI is InChI=1S/C15H22N2O4/c1-5-16-12(18)7-8-17-11(4)14(15(20)21-6-2)10(3)9-13(17)19/h9H,5-8H2,1-4H3,(H,16,18). The average molecular weight is 294 g/mol. The molecule has 1 aromatic rings. The Hall–Kier alpha value is -2.11. The summed E-state index contributed by atoms with van der Waals surface area (Å²) in [5.74, 6) is -0.568. The zero-order valence-corrected chi connectivity index (χ0v) is 13.0. The molecule has 0 aliphatic heterocycles. The Labute approximate surface area is 124 Å². The van der Waals surface area contributed by atoms with E-state index in [0.717, 1.165) is 0 Å². The minimum Gasteiger partial charge on any atom is -0.462 e. The van der Waals surface area contributed by atoms with E-state index >= 15 is 0 Å². The average Bonchev–Trinajstić information content (AvgIpc) is 2.38. The monoisotopic (exact) mass is 294 g/mol. The van der Waals surface area contributed by atoms with Crippen LogP contribution in [0.15, 0.2) is 10.9 Å². The van der Waals surface area contributed by atoms with Crippen molar-refractivity contribution in [1.29, 1.82) is 0 Å². The highest BCUT2D eigenvalue weighted by Crippen LogP contribution is 2.13. The molecule has 1 amide bonds. The van der Waals surface area contributed by atoms with Crippen LogP contribution in [0.4, 0.5) is 0 Å². The van der Waals surface area contributed by atoms with E-state index < -0.39 is 5.97 Å². The van der Waals surface area contributed by atoms with Crippen molar-refractivity contribution in [2.24, 2.45) is 0 Å². The molecule has 21 heavy (non-hydrogen) atoms. The molecule has 6 nitrogen and oxygen atoms in total. The molecule has 116 valence electrons. The number of esters is 1. The van der Waals surface area contributed by atoms with Crippen molar-refractivity contribution in [3.8, 4) is 0 Å². The Morgan fingerprint density at radius 2 is 1.95 bits per heavy atom. The maximum Gasteiger partial charge on any atom is 0.340 e. The fourth-order valence-electron chi connectivity index (χ4n) is 2.21. The van der Waals surface area contributed by atoms with Gasteiger partial charge in [0.15, 0.2) is 0 Å². The van der Waals surface area contributed by atoms with Crippen LogP contribution in [0.3, 0.4) is 0 Å². The molecular formula is C15H22N2O4. The summed E-state index contributed by atoms with van der Waals surface area (Å²) in [5, 5.41) is 2.68. The minimum absolute atomic E-state index is 0.123. The molecule has 0 spiro atoms. The third-order valence-electron chi connectivity index (χ3n) is 3.18. The first-order valence-corrected chi connectivity index (χ1v) is 7.07. The number of aryl methyl sites for hydroxylation is 1. The molecule has 0 aromatic carbocycles. The maximum absolute atomic E-state index is 12.0. The van der Waals surface area contributed by atoms with Crippen molar-refractivity contribution in [2.75, 3.05) is 13.2 Å². The smallest absolute Gasteiger partial charge is 0.340 e. The number of ether oxygens (including phenoxy) is 1. The zero-order chi connectivity index (χ0) is 16.0. The zero-order valence-electron chi connectivity index (χ0n) is 13.0. The number of amides is 1. The van der Waals surface area contributed by atoms with Crippen LogP contribution in [0.25, 0.3) is 0 Å². The number of nitrogens with one attached hydrogen (secondary N) is 1. The van der Waals surface area contributed by atoms with E-state index in [-0.39, 0.29) is 31.0 Å². The van der Waals surface area contributed by atoms with Gasteiger partial charge >= 0.3 is 5.97 Å². The van der Waals surface area contributed by atoms with E-state index in [4.69, 9.17) is 4.74 Å². The van der Waals surface area contributed by atoms with Gasteiger partial charge in [-0.15, -0.1) is 0 Å². The van der Waals surface area contributed by atoms with Crippen molar-refractivity contribution in [1.82, 2.24) is 9.88 Å². The van der Waals surface area contributed by atoms with Crippen molar-refractivity contribution in [3.05, 3.63) is 33.2 Å². The number of aromatic nitrogens is 1. The van der Waals surface area contributed by atoms with Gasteiger partial charge in [0.05, 0.1) is 12.2 Å². The van der Waals surface area contributed by atoms with E-state index in [2.05, 4.69) is 5.32 Å². The number of carbonyl (C=O) groups excluding carboxylic acids is 2. The molecule has 0 unspecified atom stereocenters. The third-order valence-corrected chi connectivity index (χ3v) is 3.18. The maximum atomic E-state index is 12.0. The van der Waals surface area contributed by atoms with Crippen molar-refractivity contribution in [2.45, 2.75) is 40.7 Å². The predicted molar refractivity (Wildman–Crippen MR) is 79.4 cm³/mol. The van der Waals surface area contributed by atoms with Gasteiger partial charge < -0.3 is 14.6 Å². The molecule has 0 aliphatic carbocycles. The number of hydrogen-bond donors (Lipinski definition) is 1. The molecule has 0 radical (unpaired) electrons. The molecule has 0 fully saturated rings. The van der Waals surface area contributed by atoms with Gasteiger partial charge in [-0.3, -0.25) is 9.59 Å². The van der Waals surface area contributed by atoms with E-state index in [1.807, 2.05) is 6.92 Å². The molecule has 0 saturated heterocycles. The van der Waals surface area contributed by atoms with E-state index in [9.17, 15) is 14.4 Å². The highest BCUT2D eigenvalue weighted by atomic mass is 16.5. The van der Waals surface area contributed by atoms with Crippen LogP contribution in [0.2, 0.25) is 0 Å². The summed E-state index contributed by atoms with van der Waals surface area (Å²) >= 11 is 0. The topological polar surface area (TPSA) is 77.4 Å². The normalized spacial score (nSPS) is 10.3. The minimum atomic E-state index is -0.445. The van der Waals surface area contributed by atoms with Crippen molar-refractivity contribution in [3.63, 3.8) is 0 Å². The number of hydrogen-bond acceptors (Lipinski definition) is 4. The summed E-state index contributed by atoms with van der Waals surface area (Å²) in [6.45, 7) is 8.02. The summed E-state index contributed by atoms with van der Waals surface area (Å²) in [6, 6.07) is 1.40. The summed E-state index contributed by atoms with van der Waals surface area (Å²) in [4.78, 5) is 35.5. The largest absolute Gasteiger partial charge is 0.462 e. The number of pyridine rings is 1. The molecule has 1 N–H and O–H groups in total. The molecule has 1 heterocycles. The van der Waals surface area contributed by atoms with Gasteiger partial charge in [0, 0.05) is 31.3 Å². The van der Waals surface area contributed by atoms with Gasteiger partial charge in [-0.25, -0.2) is 4.79 Å². The quantitative estimate of drug-likeness (QED) is 0.799. The van der Waals surface area contributed by atoms with Gasteiger partial charge in [0.2, 0.25) is 5.91 Å². The summed E-state index contributed by atoms with van der Waals surface area (Å²) < 4.78 is 6.45. The molecule has 6 heteroatoms. The van der Waals surface area contributed by atoms with E-state index in [1.54, 1.807) is 20.8 Å². The van der Waals surface area contributed by atoms with Crippen LogP contribution >= 0.6 is 0 Å². The molecule has 1 rings (SSSR count). The second kappa shape index (κ2) is 7.61. The van der Waals surface area contributed by atoms with Gasteiger partial charge in [-0.05, 0) is 33.3 Å². The Balaban J connectivity index is 3.10. The lowest BCUT2D eigenvalue weighted by atomic mass is 10.1. The number of carbonyl (C=O) groups is 2. The SMILES string of the molecule is CCNC(=O)CCn1c(C)c(C(=O)OCC)c(C)cc1=O. The van der Waals surface area contributed by atoms with Gasteiger partial charge in [-0.1, -0.05) is 0 Å². The first-order chi connectivity index (χ1) is 9.92. The van der Waals surface area contributed by atoms with Crippen LogP contribution < -0.4 is 10.9 Å². The molecule has 0 saturated carbocycles. The highest BCUT2D eigenvalue weighted by Gasteiger charge is 2.18. The molecule has 0 bridgehead atoms. The van der Waals surface area contributed by atoms with Crippen LogP contribution in [0.5, 0.6) is 0 Å². The van der Waals surface area contributed by atoms with E-state index in [1.165, 1.54) is 10.6 Å². The number of nitrogens with zero attached hydrogens (tertiary/aromatic N) is 1. The fraction of sp³-hybridized carbons (Fsp3) is 0.533. The highest BCUT2D eigenvalue weighted by molar-refractivity contribution is 5.92.